The average molecular weight is 243 g/mol. The Bertz CT molecular complexity index is 564. The second-order valence-electron chi connectivity index (χ2n) is 3.14. The molecule has 0 radical (unpaired) electrons. The SMILES string of the molecule is COc1cc2c(cc1OC)S(=O)(=O)NC2=O. The maximum atomic E-state index is 11.5. The number of methoxy groups -OCH3 is 2. The van der Waals surface area contributed by atoms with E-state index in [2.05, 4.69) is 0 Å². The van der Waals surface area contributed by atoms with Crippen LogP contribution in [0, 0.1) is 0 Å². The van der Waals surface area contributed by atoms with E-state index in [1.165, 1.54) is 26.4 Å². The fraction of sp³-hybridized carbons (Fsp3) is 0.222. The van der Waals surface area contributed by atoms with Gasteiger partial charge in [-0.25, -0.2) is 13.1 Å². The number of ether oxygens (including phenoxy) is 2. The lowest BCUT2D eigenvalue weighted by molar-refractivity contribution is 0.0984. The summed E-state index contributed by atoms with van der Waals surface area (Å²) in [4.78, 5) is 11.3. The molecule has 6 nitrogen and oxygen atoms in total. The van der Waals surface area contributed by atoms with E-state index in [-0.39, 0.29) is 16.2 Å². The van der Waals surface area contributed by atoms with Crippen LogP contribution in [0.15, 0.2) is 17.0 Å². The molecular weight excluding hydrogens is 234 g/mol. The molecule has 0 aliphatic carbocycles. The smallest absolute Gasteiger partial charge is 0.266 e. The number of fused-ring (bicyclic) bond motifs is 1. The van der Waals surface area contributed by atoms with Crippen molar-refractivity contribution in [3.63, 3.8) is 0 Å². The van der Waals surface area contributed by atoms with E-state index in [1.807, 2.05) is 4.72 Å². The number of carbonyl (C=O) groups excluding carboxylic acids is 1. The van der Waals surface area contributed by atoms with E-state index in [0.29, 0.717) is 5.75 Å². The Morgan fingerprint density at radius 1 is 1.12 bits per heavy atom. The first kappa shape index (κ1) is 10.7. The summed E-state index contributed by atoms with van der Waals surface area (Å²) < 4.78 is 34.8. The van der Waals surface area contributed by atoms with Crippen LogP contribution in [0.25, 0.3) is 0 Å². The number of nitrogens with one attached hydrogen (secondary N) is 1. The molecule has 86 valence electrons. The standard InChI is InChI=1S/C9H9NO5S/c1-14-6-3-5-8(4-7(6)15-2)16(12,13)10-9(5)11/h3-4H,1-2H3,(H,10,11). The molecule has 0 saturated heterocycles. The van der Waals surface area contributed by atoms with Crippen molar-refractivity contribution < 1.29 is 22.7 Å². The second kappa shape index (κ2) is 3.38. The van der Waals surface area contributed by atoms with Gasteiger partial charge in [-0.3, -0.25) is 4.79 Å². The maximum absolute atomic E-state index is 11.5. The van der Waals surface area contributed by atoms with E-state index < -0.39 is 15.9 Å². The summed E-state index contributed by atoms with van der Waals surface area (Å²) >= 11 is 0. The van der Waals surface area contributed by atoms with Crippen molar-refractivity contribution >= 4 is 15.9 Å². The number of amides is 1. The van der Waals surface area contributed by atoms with Crippen LogP contribution >= 0.6 is 0 Å². The summed E-state index contributed by atoms with van der Waals surface area (Å²) in [5.74, 6) is -0.0780. The van der Waals surface area contributed by atoms with Crippen LogP contribution in [0.1, 0.15) is 10.4 Å². The molecule has 1 N–H and O–H groups in total. The fourth-order valence-electron chi connectivity index (χ4n) is 1.49. The molecule has 1 amide bonds. The van der Waals surface area contributed by atoms with Gasteiger partial charge in [0.1, 0.15) is 4.90 Å². The van der Waals surface area contributed by atoms with E-state index in [4.69, 9.17) is 9.47 Å². The maximum Gasteiger partial charge on any atom is 0.266 e. The molecule has 1 aromatic carbocycles. The van der Waals surface area contributed by atoms with Crippen LogP contribution in [0.2, 0.25) is 0 Å². The van der Waals surface area contributed by atoms with Crippen molar-refractivity contribution in [1.29, 1.82) is 0 Å². The molecule has 1 heterocycles. The zero-order valence-corrected chi connectivity index (χ0v) is 9.42. The van der Waals surface area contributed by atoms with Gasteiger partial charge in [0.25, 0.3) is 15.9 Å². The van der Waals surface area contributed by atoms with E-state index in [1.54, 1.807) is 0 Å². The highest BCUT2D eigenvalue weighted by atomic mass is 32.2. The van der Waals surface area contributed by atoms with Crippen LogP contribution in [0.3, 0.4) is 0 Å². The highest BCUT2D eigenvalue weighted by molar-refractivity contribution is 7.90. The topological polar surface area (TPSA) is 81.7 Å². The minimum atomic E-state index is -3.75. The minimum Gasteiger partial charge on any atom is -0.493 e. The van der Waals surface area contributed by atoms with Crippen LogP contribution < -0.4 is 14.2 Å². The monoisotopic (exact) mass is 243 g/mol. The van der Waals surface area contributed by atoms with Crippen molar-refractivity contribution in [2.24, 2.45) is 0 Å². The third-order valence-corrected chi connectivity index (χ3v) is 3.62. The molecule has 0 atom stereocenters. The molecule has 0 unspecified atom stereocenters. The summed E-state index contributed by atoms with van der Waals surface area (Å²) in [6, 6.07) is 2.61. The van der Waals surface area contributed by atoms with Crippen molar-refractivity contribution in [2.75, 3.05) is 14.2 Å². The Balaban J connectivity index is 2.74. The number of benzene rings is 1. The summed E-state index contributed by atoms with van der Waals surface area (Å²) in [6.45, 7) is 0. The Hall–Kier alpha value is -1.76. The largest absolute Gasteiger partial charge is 0.493 e. The third kappa shape index (κ3) is 1.40. The average Bonchev–Trinajstić information content (AvgIpc) is 2.47. The number of hydrogen-bond donors (Lipinski definition) is 1. The normalized spacial score (nSPS) is 16.5. The molecule has 0 bridgehead atoms. The first-order valence-electron chi connectivity index (χ1n) is 4.33. The number of rotatable bonds is 2. The molecule has 16 heavy (non-hydrogen) atoms. The Morgan fingerprint density at radius 2 is 1.69 bits per heavy atom. The van der Waals surface area contributed by atoms with E-state index in [9.17, 15) is 13.2 Å². The molecule has 0 fully saturated rings. The van der Waals surface area contributed by atoms with Crippen molar-refractivity contribution in [1.82, 2.24) is 4.72 Å². The molecule has 1 aliphatic rings. The first-order chi connectivity index (χ1) is 7.49. The lowest BCUT2D eigenvalue weighted by Crippen LogP contribution is -2.20. The Morgan fingerprint density at radius 3 is 2.25 bits per heavy atom. The highest BCUT2D eigenvalue weighted by Crippen LogP contribution is 2.34. The predicted octanol–water partition coefficient (Wildman–Crippen LogP) is 0.136. The van der Waals surface area contributed by atoms with Crippen LogP contribution in [-0.4, -0.2) is 28.5 Å². The zero-order chi connectivity index (χ0) is 11.9. The molecule has 0 aromatic heterocycles. The van der Waals surface area contributed by atoms with Crippen molar-refractivity contribution in [3.05, 3.63) is 17.7 Å². The molecule has 0 saturated carbocycles. The molecule has 1 aromatic rings. The number of hydrogen-bond acceptors (Lipinski definition) is 5. The van der Waals surface area contributed by atoms with Gasteiger partial charge in [0, 0.05) is 6.07 Å². The van der Waals surface area contributed by atoms with E-state index >= 15 is 0 Å². The molecule has 0 spiro atoms. The Kier molecular flexibility index (Phi) is 2.27. The predicted molar refractivity (Wildman–Crippen MR) is 54.2 cm³/mol. The minimum absolute atomic E-state index is 0.0673. The van der Waals surface area contributed by atoms with Crippen molar-refractivity contribution in [2.45, 2.75) is 4.90 Å². The molecule has 2 rings (SSSR count). The van der Waals surface area contributed by atoms with Gasteiger partial charge in [-0.15, -0.1) is 0 Å². The summed E-state index contributed by atoms with van der Waals surface area (Å²) in [6.07, 6.45) is 0. The highest BCUT2D eigenvalue weighted by Gasteiger charge is 2.34. The molecular formula is C9H9NO5S. The Labute approximate surface area is 92.2 Å². The van der Waals surface area contributed by atoms with Gasteiger partial charge < -0.3 is 9.47 Å². The fourth-order valence-corrected chi connectivity index (χ4v) is 2.66. The lowest BCUT2D eigenvalue weighted by atomic mass is 10.2. The lowest BCUT2D eigenvalue weighted by Gasteiger charge is -2.07. The number of carbonyl (C=O) groups is 1. The summed E-state index contributed by atoms with van der Waals surface area (Å²) in [5.41, 5.74) is 0.0673. The first-order valence-corrected chi connectivity index (χ1v) is 5.81. The van der Waals surface area contributed by atoms with Gasteiger partial charge >= 0.3 is 0 Å². The van der Waals surface area contributed by atoms with Gasteiger partial charge in [0.2, 0.25) is 0 Å². The van der Waals surface area contributed by atoms with E-state index in [0.717, 1.165) is 0 Å². The van der Waals surface area contributed by atoms with Gasteiger partial charge in [-0.05, 0) is 6.07 Å². The quantitative estimate of drug-likeness (QED) is 0.798. The summed E-state index contributed by atoms with van der Waals surface area (Å²) in [7, 11) is -0.949. The van der Waals surface area contributed by atoms with Gasteiger partial charge in [-0.1, -0.05) is 0 Å². The van der Waals surface area contributed by atoms with Gasteiger partial charge in [-0.2, -0.15) is 0 Å². The zero-order valence-electron chi connectivity index (χ0n) is 8.60. The van der Waals surface area contributed by atoms with Crippen LogP contribution in [-0.2, 0) is 10.0 Å². The third-order valence-electron chi connectivity index (χ3n) is 2.25. The molecule has 1 aliphatic heterocycles. The number of sulfonamides is 1. The summed E-state index contributed by atoms with van der Waals surface area (Å²) in [5, 5.41) is 0. The van der Waals surface area contributed by atoms with Crippen molar-refractivity contribution in [3.8, 4) is 11.5 Å². The van der Waals surface area contributed by atoms with Crippen LogP contribution in [0.4, 0.5) is 0 Å². The van der Waals surface area contributed by atoms with Crippen LogP contribution in [0.5, 0.6) is 11.5 Å². The second-order valence-corrected chi connectivity index (χ2v) is 4.79. The van der Waals surface area contributed by atoms with Gasteiger partial charge in [0.15, 0.2) is 11.5 Å². The molecule has 7 heteroatoms. The van der Waals surface area contributed by atoms with Gasteiger partial charge in [0.05, 0.1) is 19.8 Å².